The fourth-order valence-electron chi connectivity index (χ4n) is 0.489. The first kappa shape index (κ1) is 14.9. The fraction of sp³-hybridized carbons (Fsp3) is 1.00. The molecule has 0 aromatic carbocycles. The van der Waals surface area contributed by atoms with Gasteiger partial charge in [0.2, 0.25) is 0 Å². The van der Waals surface area contributed by atoms with Gasteiger partial charge in [0.05, 0.1) is 0 Å². The summed E-state index contributed by atoms with van der Waals surface area (Å²) in [4.78, 5) is 0. The van der Waals surface area contributed by atoms with Gasteiger partial charge in [-0.15, -0.1) is 0 Å². The Labute approximate surface area is 84.1 Å². The third-order valence-electron chi connectivity index (χ3n) is 0.921. The zero-order chi connectivity index (χ0) is 9.12. The van der Waals surface area contributed by atoms with Crippen LogP contribution in [0.4, 0.5) is 26.3 Å². The van der Waals surface area contributed by atoms with Crippen molar-refractivity contribution in [2.24, 2.45) is 0 Å². The molecule has 0 bridgehead atoms. The summed E-state index contributed by atoms with van der Waals surface area (Å²) in [5.74, 6) is 0. The standard InChI is InChI=1S/C5H6F6.In/c6-4(7,8)2-1-3-5(9,10)11;/h1-3H2;. The van der Waals surface area contributed by atoms with Crippen LogP contribution in [-0.4, -0.2) is 38.2 Å². The van der Waals surface area contributed by atoms with Crippen LogP contribution in [0.3, 0.4) is 0 Å². The van der Waals surface area contributed by atoms with Crippen molar-refractivity contribution in [3.05, 3.63) is 0 Å². The Kier molecular flexibility index (Phi) is 6.52. The quantitative estimate of drug-likeness (QED) is 0.687. The maximum atomic E-state index is 11.3. The van der Waals surface area contributed by atoms with Gasteiger partial charge in [-0.25, -0.2) is 0 Å². The first-order valence-electron chi connectivity index (χ1n) is 2.84. The zero-order valence-corrected chi connectivity index (χ0v) is 9.26. The fourth-order valence-corrected chi connectivity index (χ4v) is 0.489. The smallest absolute Gasteiger partial charge is 0.171 e. The van der Waals surface area contributed by atoms with Crippen molar-refractivity contribution in [3.63, 3.8) is 0 Å². The third-order valence-corrected chi connectivity index (χ3v) is 0.921. The second kappa shape index (κ2) is 5.24. The van der Waals surface area contributed by atoms with Crippen LogP contribution in [0.15, 0.2) is 0 Å². The molecule has 7 heteroatoms. The molecule has 0 spiro atoms. The van der Waals surface area contributed by atoms with Gasteiger partial charge in [-0.2, -0.15) is 26.3 Å². The molecular formula is C5H6F6In. The third kappa shape index (κ3) is 13.1. The van der Waals surface area contributed by atoms with Crippen molar-refractivity contribution >= 4 is 25.8 Å². The van der Waals surface area contributed by atoms with E-state index in [0.29, 0.717) is 0 Å². The number of hydrogen-bond acceptors (Lipinski definition) is 0. The topological polar surface area (TPSA) is 0 Å². The molecular weight excluding hydrogens is 289 g/mol. The SMILES string of the molecule is FC(F)(F)CCCC(F)(F)F.[In]. The molecule has 0 saturated carbocycles. The van der Waals surface area contributed by atoms with E-state index >= 15 is 0 Å². The molecule has 12 heavy (non-hydrogen) atoms. The van der Waals surface area contributed by atoms with Gasteiger partial charge in [0.1, 0.15) is 0 Å². The first-order chi connectivity index (χ1) is 4.71. The van der Waals surface area contributed by atoms with Crippen molar-refractivity contribution in [2.45, 2.75) is 31.6 Å². The van der Waals surface area contributed by atoms with Crippen LogP contribution >= 0.6 is 0 Å². The second-order valence-corrected chi connectivity index (χ2v) is 2.08. The summed E-state index contributed by atoms with van der Waals surface area (Å²) in [6.07, 6.45) is -12.6. The first-order valence-corrected chi connectivity index (χ1v) is 2.84. The molecule has 0 aliphatic carbocycles. The van der Waals surface area contributed by atoms with Crippen LogP contribution < -0.4 is 0 Å². The Morgan fingerprint density at radius 2 is 0.917 bits per heavy atom. The molecule has 0 N–H and O–H groups in total. The summed E-state index contributed by atoms with van der Waals surface area (Å²) in [5.41, 5.74) is 0. The largest absolute Gasteiger partial charge is 0.389 e. The number of halogens is 6. The van der Waals surface area contributed by atoms with E-state index in [2.05, 4.69) is 0 Å². The molecule has 0 nitrogen and oxygen atoms in total. The Balaban J connectivity index is 0. The van der Waals surface area contributed by atoms with Gasteiger partial charge >= 0.3 is 12.4 Å². The summed E-state index contributed by atoms with van der Waals surface area (Å²) < 4.78 is 67.6. The van der Waals surface area contributed by atoms with E-state index in [1.165, 1.54) is 0 Å². The summed E-state index contributed by atoms with van der Waals surface area (Å²) in [5, 5.41) is 0. The predicted octanol–water partition coefficient (Wildman–Crippen LogP) is 2.90. The maximum absolute atomic E-state index is 11.3. The molecule has 0 saturated heterocycles. The normalized spacial score (nSPS) is 12.5. The van der Waals surface area contributed by atoms with E-state index in [-0.39, 0.29) is 25.8 Å². The van der Waals surface area contributed by atoms with E-state index in [1.807, 2.05) is 0 Å². The molecule has 0 unspecified atom stereocenters. The van der Waals surface area contributed by atoms with Gasteiger partial charge in [-0.1, -0.05) is 0 Å². The number of rotatable bonds is 2. The van der Waals surface area contributed by atoms with Crippen LogP contribution in [0.25, 0.3) is 0 Å². The van der Waals surface area contributed by atoms with Gasteiger partial charge in [0.15, 0.2) is 0 Å². The van der Waals surface area contributed by atoms with Crippen LogP contribution in [0, 0.1) is 0 Å². The second-order valence-electron chi connectivity index (χ2n) is 2.08. The molecule has 0 heterocycles. The van der Waals surface area contributed by atoms with Gasteiger partial charge in [0, 0.05) is 38.7 Å². The maximum Gasteiger partial charge on any atom is 0.389 e. The molecule has 0 aliphatic heterocycles. The van der Waals surface area contributed by atoms with Crippen molar-refractivity contribution in [1.82, 2.24) is 0 Å². The van der Waals surface area contributed by atoms with E-state index in [9.17, 15) is 26.3 Å². The van der Waals surface area contributed by atoms with E-state index in [1.54, 1.807) is 0 Å². The van der Waals surface area contributed by atoms with E-state index in [0.717, 1.165) is 0 Å². The molecule has 0 rings (SSSR count). The number of hydrogen-bond donors (Lipinski definition) is 0. The predicted molar refractivity (Wildman–Crippen MR) is 31.7 cm³/mol. The summed E-state index contributed by atoms with van der Waals surface area (Å²) in [7, 11) is 0. The molecule has 0 aromatic rings. The molecule has 0 aromatic heterocycles. The molecule has 71 valence electrons. The minimum atomic E-state index is -4.48. The average Bonchev–Trinajstić information content (AvgIpc) is 1.55. The van der Waals surface area contributed by atoms with Gasteiger partial charge in [-0.05, 0) is 6.42 Å². The van der Waals surface area contributed by atoms with Gasteiger partial charge < -0.3 is 0 Å². The van der Waals surface area contributed by atoms with Gasteiger partial charge in [-0.3, -0.25) is 0 Å². The van der Waals surface area contributed by atoms with Crippen molar-refractivity contribution in [3.8, 4) is 0 Å². The van der Waals surface area contributed by atoms with Crippen LogP contribution in [0.5, 0.6) is 0 Å². The van der Waals surface area contributed by atoms with Crippen LogP contribution in [0.2, 0.25) is 0 Å². The Morgan fingerprint density at radius 3 is 1.08 bits per heavy atom. The molecule has 0 fully saturated rings. The Hall–Kier alpha value is 0.450. The molecule has 0 amide bonds. The number of alkyl halides is 6. The summed E-state index contributed by atoms with van der Waals surface area (Å²) in [6, 6.07) is 0. The molecule has 0 aliphatic rings. The van der Waals surface area contributed by atoms with Crippen LogP contribution in [0.1, 0.15) is 19.3 Å². The van der Waals surface area contributed by atoms with Crippen molar-refractivity contribution in [2.75, 3.05) is 0 Å². The zero-order valence-electron chi connectivity index (χ0n) is 5.97. The van der Waals surface area contributed by atoms with Gasteiger partial charge in [0.25, 0.3) is 0 Å². The summed E-state index contributed by atoms with van der Waals surface area (Å²) >= 11 is 0. The molecule has 0 atom stereocenters. The van der Waals surface area contributed by atoms with E-state index < -0.39 is 31.6 Å². The van der Waals surface area contributed by atoms with Crippen LogP contribution in [-0.2, 0) is 0 Å². The minimum absolute atomic E-state index is 0. The summed E-state index contributed by atoms with van der Waals surface area (Å²) in [6.45, 7) is 0. The molecule has 3 radical (unpaired) electrons. The Morgan fingerprint density at radius 1 is 0.667 bits per heavy atom. The van der Waals surface area contributed by atoms with Crippen molar-refractivity contribution < 1.29 is 26.3 Å². The average molecular weight is 295 g/mol. The Bertz CT molecular complexity index is 100. The van der Waals surface area contributed by atoms with E-state index in [4.69, 9.17) is 0 Å². The monoisotopic (exact) mass is 295 g/mol. The van der Waals surface area contributed by atoms with Crippen molar-refractivity contribution in [1.29, 1.82) is 0 Å². The minimum Gasteiger partial charge on any atom is -0.171 e.